The highest BCUT2D eigenvalue weighted by Crippen LogP contribution is 2.37. The molecule has 0 fully saturated rings. The summed E-state index contributed by atoms with van der Waals surface area (Å²) in [6, 6.07) is 13.4. The molecule has 4 aromatic rings. The second-order valence-corrected chi connectivity index (χ2v) is 8.38. The molecular formula is C20H13ClN2O3S2. The highest BCUT2D eigenvalue weighted by atomic mass is 35.5. The number of amides is 1. The summed E-state index contributed by atoms with van der Waals surface area (Å²) < 4.78 is 12.2. The molecule has 0 saturated carbocycles. The van der Waals surface area contributed by atoms with Crippen molar-refractivity contribution < 1.29 is 14.3 Å². The van der Waals surface area contributed by atoms with Crippen molar-refractivity contribution in [3.8, 4) is 22.8 Å². The Morgan fingerprint density at radius 1 is 1.11 bits per heavy atom. The van der Waals surface area contributed by atoms with Crippen molar-refractivity contribution in [2.75, 3.05) is 18.5 Å². The molecule has 0 spiro atoms. The highest BCUT2D eigenvalue weighted by Gasteiger charge is 2.19. The van der Waals surface area contributed by atoms with Crippen molar-refractivity contribution in [3.63, 3.8) is 0 Å². The fourth-order valence-electron chi connectivity index (χ4n) is 2.98. The zero-order valence-corrected chi connectivity index (χ0v) is 16.8. The van der Waals surface area contributed by atoms with Crippen LogP contribution in [0.25, 0.3) is 21.3 Å². The first-order valence-corrected chi connectivity index (χ1v) is 10.6. The van der Waals surface area contributed by atoms with E-state index < -0.39 is 0 Å². The van der Waals surface area contributed by atoms with Gasteiger partial charge in [0.25, 0.3) is 5.91 Å². The molecule has 0 atom stereocenters. The lowest BCUT2D eigenvalue weighted by Gasteiger charge is -2.18. The van der Waals surface area contributed by atoms with E-state index in [0.29, 0.717) is 34.0 Å². The molecule has 2 aromatic heterocycles. The zero-order chi connectivity index (χ0) is 19.1. The number of benzene rings is 2. The molecule has 0 bridgehead atoms. The molecule has 8 heteroatoms. The van der Waals surface area contributed by atoms with Gasteiger partial charge < -0.3 is 9.47 Å². The zero-order valence-electron chi connectivity index (χ0n) is 14.4. The van der Waals surface area contributed by atoms with Gasteiger partial charge in [-0.05, 0) is 24.3 Å². The van der Waals surface area contributed by atoms with Crippen molar-refractivity contribution in [3.05, 3.63) is 57.7 Å². The summed E-state index contributed by atoms with van der Waals surface area (Å²) in [4.78, 5) is 17.7. The number of ether oxygens (including phenoxy) is 2. The molecule has 3 heterocycles. The summed E-state index contributed by atoms with van der Waals surface area (Å²) in [5.74, 6) is 1.19. The maximum atomic E-state index is 12.7. The van der Waals surface area contributed by atoms with Crippen LogP contribution in [0.3, 0.4) is 0 Å². The predicted molar refractivity (Wildman–Crippen MR) is 113 cm³/mol. The van der Waals surface area contributed by atoms with Gasteiger partial charge in [-0.3, -0.25) is 10.1 Å². The average Bonchev–Trinajstić information content (AvgIpc) is 3.32. The SMILES string of the molecule is O=C(Nc1nc(-c2ccc3c(c2)OCCO3)cs1)c1sc2ccccc2c1Cl. The van der Waals surface area contributed by atoms with Crippen LogP contribution in [-0.2, 0) is 0 Å². The van der Waals surface area contributed by atoms with E-state index in [1.54, 1.807) is 0 Å². The lowest BCUT2D eigenvalue weighted by atomic mass is 10.1. The fourth-order valence-corrected chi connectivity index (χ4v) is 5.11. The molecule has 28 heavy (non-hydrogen) atoms. The number of carbonyl (C=O) groups is 1. The standard InChI is InChI=1S/C20H13ClN2O3S2/c21-17-12-3-1-2-4-16(12)28-18(17)19(24)23-20-22-13(10-27-20)11-5-6-14-15(9-11)26-8-7-25-14/h1-6,9-10H,7-8H2,(H,22,23,24). The van der Waals surface area contributed by atoms with Gasteiger partial charge in [0.1, 0.15) is 18.1 Å². The minimum absolute atomic E-state index is 0.255. The maximum absolute atomic E-state index is 12.7. The normalized spacial score (nSPS) is 12.9. The second-order valence-electron chi connectivity index (χ2n) is 6.09. The molecule has 1 aliphatic heterocycles. The number of halogens is 1. The molecular weight excluding hydrogens is 416 g/mol. The molecule has 1 amide bonds. The van der Waals surface area contributed by atoms with Gasteiger partial charge in [0.05, 0.1) is 10.7 Å². The van der Waals surface area contributed by atoms with Gasteiger partial charge in [-0.1, -0.05) is 29.8 Å². The van der Waals surface area contributed by atoms with Crippen molar-refractivity contribution in [1.82, 2.24) is 4.98 Å². The van der Waals surface area contributed by atoms with Gasteiger partial charge in [0.15, 0.2) is 16.6 Å². The first kappa shape index (κ1) is 17.5. The van der Waals surface area contributed by atoms with Crippen molar-refractivity contribution in [2.24, 2.45) is 0 Å². The second kappa shape index (κ2) is 7.09. The number of nitrogens with one attached hydrogen (secondary N) is 1. The number of carbonyl (C=O) groups excluding carboxylic acids is 1. The van der Waals surface area contributed by atoms with Gasteiger partial charge in [-0.25, -0.2) is 4.98 Å². The number of hydrogen-bond donors (Lipinski definition) is 1. The highest BCUT2D eigenvalue weighted by molar-refractivity contribution is 7.21. The Bertz CT molecular complexity index is 1200. The van der Waals surface area contributed by atoms with Crippen LogP contribution in [0.2, 0.25) is 5.02 Å². The number of nitrogens with zero attached hydrogens (tertiary/aromatic N) is 1. The van der Waals surface area contributed by atoms with Crippen molar-refractivity contribution in [2.45, 2.75) is 0 Å². The lowest BCUT2D eigenvalue weighted by molar-refractivity contribution is 0.103. The Kier molecular flexibility index (Phi) is 4.43. The minimum Gasteiger partial charge on any atom is -0.486 e. The quantitative estimate of drug-likeness (QED) is 0.454. The first-order chi connectivity index (χ1) is 13.7. The monoisotopic (exact) mass is 428 g/mol. The van der Waals surface area contributed by atoms with Crippen LogP contribution in [-0.4, -0.2) is 24.1 Å². The van der Waals surface area contributed by atoms with Crippen LogP contribution in [0.15, 0.2) is 47.8 Å². The largest absolute Gasteiger partial charge is 0.486 e. The molecule has 2 aromatic carbocycles. The predicted octanol–water partition coefficient (Wildman–Crippen LogP) is 5.70. The molecule has 140 valence electrons. The van der Waals surface area contributed by atoms with E-state index >= 15 is 0 Å². The van der Waals surface area contributed by atoms with E-state index in [-0.39, 0.29) is 5.91 Å². The van der Waals surface area contributed by atoms with Gasteiger partial charge in [-0.2, -0.15) is 0 Å². The van der Waals surface area contributed by atoms with Crippen LogP contribution in [0.5, 0.6) is 11.5 Å². The van der Waals surface area contributed by atoms with Gasteiger partial charge in [0, 0.05) is 21.0 Å². The summed E-state index contributed by atoms with van der Waals surface area (Å²) in [7, 11) is 0. The Labute approximate surface area is 173 Å². The first-order valence-electron chi connectivity index (χ1n) is 8.53. The van der Waals surface area contributed by atoms with E-state index in [0.717, 1.165) is 27.1 Å². The van der Waals surface area contributed by atoms with E-state index in [1.807, 2.05) is 47.8 Å². The number of thiophene rings is 1. The van der Waals surface area contributed by atoms with Gasteiger partial charge in [-0.15, -0.1) is 22.7 Å². The lowest BCUT2D eigenvalue weighted by Crippen LogP contribution is -2.15. The van der Waals surface area contributed by atoms with Gasteiger partial charge >= 0.3 is 0 Å². The van der Waals surface area contributed by atoms with E-state index in [1.165, 1.54) is 22.7 Å². The van der Waals surface area contributed by atoms with Crippen molar-refractivity contribution in [1.29, 1.82) is 0 Å². The van der Waals surface area contributed by atoms with Gasteiger partial charge in [0.2, 0.25) is 0 Å². The Morgan fingerprint density at radius 2 is 1.93 bits per heavy atom. The minimum atomic E-state index is -0.255. The number of fused-ring (bicyclic) bond motifs is 2. The Morgan fingerprint density at radius 3 is 2.79 bits per heavy atom. The van der Waals surface area contributed by atoms with Crippen molar-refractivity contribution >= 4 is 55.4 Å². The third kappa shape index (κ3) is 3.11. The van der Waals surface area contributed by atoms with Crippen LogP contribution in [0, 0.1) is 0 Å². The topological polar surface area (TPSA) is 60.5 Å². The third-order valence-corrected chi connectivity index (χ3v) is 6.74. The molecule has 1 aliphatic rings. The number of aromatic nitrogens is 1. The summed E-state index contributed by atoms with van der Waals surface area (Å²) in [6.07, 6.45) is 0. The van der Waals surface area contributed by atoms with Crippen LogP contribution >= 0.6 is 34.3 Å². The summed E-state index contributed by atoms with van der Waals surface area (Å²) in [6.45, 7) is 1.09. The fraction of sp³-hybridized carbons (Fsp3) is 0.100. The smallest absolute Gasteiger partial charge is 0.269 e. The number of rotatable bonds is 3. The number of hydrogen-bond acceptors (Lipinski definition) is 6. The molecule has 5 nitrogen and oxygen atoms in total. The average molecular weight is 429 g/mol. The van der Waals surface area contributed by atoms with E-state index in [2.05, 4.69) is 10.3 Å². The Hall–Kier alpha value is -2.61. The van der Waals surface area contributed by atoms with E-state index in [4.69, 9.17) is 21.1 Å². The summed E-state index contributed by atoms with van der Waals surface area (Å²) in [5.41, 5.74) is 1.67. The molecule has 0 aliphatic carbocycles. The molecule has 0 unspecified atom stereocenters. The molecule has 1 N–H and O–H groups in total. The molecule has 5 rings (SSSR count). The molecule has 0 radical (unpaired) electrons. The third-order valence-electron chi connectivity index (χ3n) is 4.30. The van der Waals surface area contributed by atoms with E-state index in [9.17, 15) is 4.79 Å². The number of thiazole rings is 1. The van der Waals surface area contributed by atoms with Crippen LogP contribution < -0.4 is 14.8 Å². The van der Waals surface area contributed by atoms with Crippen LogP contribution in [0.1, 0.15) is 9.67 Å². The Balaban J connectivity index is 1.39. The number of anilines is 1. The van der Waals surface area contributed by atoms with Crippen LogP contribution in [0.4, 0.5) is 5.13 Å². The summed E-state index contributed by atoms with van der Waals surface area (Å²) >= 11 is 9.13. The molecule has 0 saturated heterocycles. The maximum Gasteiger partial charge on any atom is 0.269 e. The summed E-state index contributed by atoms with van der Waals surface area (Å²) in [5, 5.41) is 6.62.